The zero-order valence-corrected chi connectivity index (χ0v) is 22.0. The molecule has 0 unspecified atom stereocenters. The van der Waals surface area contributed by atoms with Gasteiger partial charge in [-0.1, -0.05) is 54.1 Å². The average Bonchev–Trinajstić information content (AvgIpc) is 2.81. The van der Waals surface area contributed by atoms with Gasteiger partial charge in [-0.25, -0.2) is 0 Å². The third kappa shape index (κ3) is 8.28. The largest absolute Gasteiger partial charge is 0.488 e. The van der Waals surface area contributed by atoms with Gasteiger partial charge in [0.05, 0.1) is 15.8 Å². The predicted molar refractivity (Wildman–Crippen MR) is 143 cm³/mol. The van der Waals surface area contributed by atoms with Gasteiger partial charge in [-0.15, -0.1) is 0 Å². The Labute approximate surface area is 211 Å². The Balaban J connectivity index is 0.000000261. The van der Waals surface area contributed by atoms with Gasteiger partial charge in [-0.3, -0.25) is 4.55 Å². The fourth-order valence-electron chi connectivity index (χ4n) is 3.23. The monoisotopic (exact) mass is 507 g/mol. The van der Waals surface area contributed by atoms with E-state index in [4.69, 9.17) is 9.29 Å². The number of rotatable bonds is 5. The molecule has 182 valence electrons. The van der Waals surface area contributed by atoms with Gasteiger partial charge in [-0.05, 0) is 88.4 Å². The smallest absolute Gasteiger partial charge is 0.294 e. The van der Waals surface area contributed by atoms with Gasteiger partial charge in [0, 0.05) is 0 Å². The van der Waals surface area contributed by atoms with Crippen LogP contribution in [0.25, 0.3) is 0 Å². The van der Waals surface area contributed by atoms with Gasteiger partial charge in [0.1, 0.15) is 11.4 Å². The minimum Gasteiger partial charge on any atom is -0.488 e. The number of hydrogen-bond donors (Lipinski definition) is 1. The van der Waals surface area contributed by atoms with Crippen LogP contribution in [0.3, 0.4) is 0 Å². The number of benzene rings is 4. The molecular formula is C29H31O4S2+. The first-order valence-corrected chi connectivity index (χ1v) is 13.9. The van der Waals surface area contributed by atoms with Crippen molar-refractivity contribution >= 4 is 21.0 Å². The molecule has 4 aromatic rings. The molecule has 35 heavy (non-hydrogen) atoms. The van der Waals surface area contributed by atoms with Gasteiger partial charge < -0.3 is 4.74 Å². The second kappa shape index (κ2) is 11.6. The van der Waals surface area contributed by atoms with Crippen molar-refractivity contribution in [2.75, 3.05) is 0 Å². The van der Waals surface area contributed by atoms with Crippen LogP contribution in [0.4, 0.5) is 0 Å². The molecule has 0 spiro atoms. The van der Waals surface area contributed by atoms with Crippen molar-refractivity contribution in [2.45, 2.75) is 52.9 Å². The fraction of sp³-hybridized carbons (Fsp3) is 0.172. The van der Waals surface area contributed by atoms with Crippen LogP contribution in [-0.2, 0) is 21.0 Å². The minimum atomic E-state index is -4.02. The number of hydrogen-bond acceptors (Lipinski definition) is 3. The molecular weight excluding hydrogens is 476 g/mol. The summed E-state index contributed by atoms with van der Waals surface area (Å²) in [5, 5.41) is 0. The minimum absolute atomic E-state index is 0.0666. The summed E-state index contributed by atoms with van der Waals surface area (Å²) < 4.78 is 35.5. The van der Waals surface area contributed by atoms with Crippen molar-refractivity contribution in [1.29, 1.82) is 0 Å². The third-order valence-electron chi connectivity index (χ3n) is 4.76. The van der Waals surface area contributed by atoms with Crippen molar-refractivity contribution < 1.29 is 17.7 Å². The van der Waals surface area contributed by atoms with Gasteiger partial charge in [-0.2, -0.15) is 8.42 Å². The summed E-state index contributed by atoms with van der Waals surface area (Å²) in [5.74, 6) is 0.913. The van der Waals surface area contributed by atoms with Crippen LogP contribution in [0.1, 0.15) is 26.3 Å². The van der Waals surface area contributed by atoms with Crippen LogP contribution >= 0.6 is 0 Å². The zero-order chi connectivity index (χ0) is 25.5. The van der Waals surface area contributed by atoms with Crippen LogP contribution in [0.5, 0.6) is 5.75 Å². The number of ether oxygens (including phenoxy) is 1. The SMILES string of the molecule is CC(C)(C)Oc1ccc([S+](c2ccccc2)c2ccccc2)cc1.Cc1ccc(S(=O)(=O)O)cc1. The first kappa shape index (κ1) is 26.5. The summed E-state index contributed by atoms with van der Waals surface area (Å²) in [6.45, 7) is 8.05. The van der Waals surface area contributed by atoms with E-state index in [0.717, 1.165) is 11.3 Å². The van der Waals surface area contributed by atoms with E-state index >= 15 is 0 Å². The van der Waals surface area contributed by atoms with Crippen molar-refractivity contribution in [3.05, 3.63) is 115 Å². The highest BCUT2D eigenvalue weighted by Crippen LogP contribution is 2.32. The molecule has 0 saturated heterocycles. The van der Waals surface area contributed by atoms with Gasteiger partial charge in [0.25, 0.3) is 10.1 Å². The van der Waals surface area contributed by atoms with Crippen LogP contribution in [0, 0.1) is 6.92 Å². The highest BCUT2D eigenvalue weighted by atomic mass is 32.2. The molecule has 4 nitrogen and oxygen atoms in total. The molecule has 4 aromatic carbocycles. The van der Waals surface area contributed by atoms with E-state index in [0.29, 0.717) is 0 Å². The standard InChI is InChI=1S/C22H23OS.C7H8O3S/c1-22(2,3)23-18-14-16-21(17-15-18)24(19-10-6-4-7-11-19)20-12-8-5-9-13-20;1-6-2-4-7(5-3-6)11(8,9)10/h4-17H,1-3H3;2-5H,1H3,(H,8,9,10)/q+1;. The molecule has 0 aliphatic rings. The number of aryl methyl sites for hydroxylation is 1. The zero-order valence-electron chi connectivity index (χ0n) is 20.4. The summed E-state index contributed by atoms with van der Waals surface area (Å²) in [7, 11) is -4.12. The second-order valence-corrected chi connectivity index (χ2v) is 12.4. The molecule has 0 aliphatic heterocycles. The molecule has 0 radical (unpaired) electrons. The Morgan fingerprint density at radius 3 is 1.49 bits per heavy atom. The topological polar surface area (TPSA) is 63.6 Å². The maximum atomic E-state index is 10.5. The summed E-state index contributed by atoms with van der Waals surface area (Å²) in [6, 6.07) is 35.9. The molecule has 0 atom stereocenters. The van der Waals surface area contributed by atoms with Crippen LogP contribution in [-0.4, -0.2) is 18.6 Å². The second-order valence-electron chi connectivity index (χ2n) is 8.91. The van der Waals surface area contributed by atoms with Gasteiger partial charge in [0.15, 0.2) is 14.7 Å². The Hall–Kier alpha value is -3.06. The lowest BCUT2D eigenvalue weighted by atomic mass is 10.2. The lowest BCUT2D eigenvalue weighted by molar-refractivity contribution is 0.131. The first-order chi connectivity index (χ1) is 16.5. The highest BCUT2D eigenvalue weighted by Gasteiger charge is 2.28. The molecule has 0 heterocycles. The fourth-order valence-corrected chi connectivity index (χ4v) is 5.79. The van der Waals surface area contributed by atoms with E-state index < -0.39 is 10.1 Å². The van der Waals surface area contributed by atoms with E-state index in [2.05, 4.69) is 106 Å². The van der Waals surface area contributed by atoms with E-state index in [1.807, 2.05) is 6.92 Å². The van der Waals surface area contributed by atoms with Crippen molar-refractivity contribution in [2.24, 2.45) is 0 Å². The lowest BCUT2D eigenvalue weighted by Gasteiger charge is -2.21. The predicted octanol–water partition coefficient (Wildman–Crippen LogP) is 7.20. The highest BCUT2D eigenvalue weighted by molar-refractivity contribution is 7.97. The molecule has 4 rings (SSSR count). The molecule has 0 aromatic heterocycles. The van der Waals surface area contributed by atoms with Crippen molar-refractivity contribution in [3.8, 4) is 5.75 Å². The normalized spacial score (nSPS) is 11.5. The van der Waals surface area contributed by atoms with Crippen LogP contribution in [0.15, 0.2) is 129 Å². The summed E-state index contributed by atoms with van der Waals surface area (Å²) in [5.41, 5.74) is 0.777. The van der Waals surface area contributed by atoms with Gasteiger partial charge in [0.2, 0.25) is 0 Å². The van der Waals surface area contributed by atoms with E-state index in [-0.39, 0.29) is 21.4 Å². The summed E-state index contributed by atoms with van der Waals surface area (Å²) in [4.78, 5) is 3.89. The van der Waals surface area contributed by atoms with Crippen LogP contribution in [0.2, 0.25) is 0 Å². The first-order valence-electron chi connectivity index (χ1n) is 11.2. The molecule has 0 fully saturated rings. The van der Waals surface area contributed by atoms with E-state index in [1.165, 1.54) is 26.8 Å². The van der Waals surface area contributed by atoms with E-state index in [1.54, 1.807) is 12.1 Å². The lowest BCUT2D eigenvalue weighted by Crippen LogP contribution is -2.22. The molecule has 6 heteroatoms. The van der Waals surface area contributed by atoms with Crippen molar-refractivity contribution in [3.63, 3.8) is 0 Å². The molecule has 0 aliphatic carbocycles. The van der Waals surface area contributed by atoms with Gasteiger partial charge >= 0.3 is 0 Å². The van der Waals surface area contributed by atoms with Crippen LogP contribution < -0.4 is 4.74 Å². The molecule has 0 saturated carbocycles. The van der Waals surface area contributed by atoms with Crippen molar-refractivity contribution in [1.82, 2.24) is 0 Å². The summed E-state index contributed by atoms with van der Waals surface area (Å²) in [6.07, 6.45) is 0. The Morgan fingerprint density at radius 2 is 1.09 bits per heavy atom. The molecule has 1 N–H and O–H groups in total. The molecule has 0 amide bonds. The Kier molecular flexibility index (Phi) is 8.78. The third-order valence-corrected chi connectivity index (χ3v) is 7.86. The maximum absolute atomic E-state index is 10.5. The Bertz CT molecular complexity index is 1260. The summed E-state index contributed by atoms with van der Waals surface area (Å²) >= 11 is 0. The maximum Gasteiger partial charge on any atom is 0.294 e. The Morgan fingerprint density at radius 1 is 0.657 bits per heavy atom. The van der Waals surface area contributed by atoms with E-state index in [9.17, 15) is 8.42 Å². The molecule has 0 bridgehead atoms. The average molecular weight is 508 g/mol. The quantitative estimate of drug-likeness (QED) is 0.229.